The van der Waals surface area contributed by atoms with Crippen LogP contribution >= 0.6 is 24.0 Å². The van der Waals surface area contributed by atoms with E-state index in [0.717, 1.165) is 31.5 Å². The number of benzene rings is 1. The monoisotopic (exact) mass is 401 g/mol. The van der Waals surface area contributed by atoms with Crippen molar-refractivity contribution in [3.8, 4) is 5.75 Å². The van der Waals surface area contributed by atoms with Gasteiger partial charge in [0.15, 0.2) is 6.61 Å². The van der Waals surface area contributed by atoms with E-state index in [1.165, 1.54) is 0 Å². The maximum absolute atomic E-state index is 12.5. The lowest BCUT2D eigenvalue weighted by molar-refractivity contribution is -0.141. The summed E-state index contributed by atoms with van der Waals surface area (Å²) in [6.07, 6.45) is 1.86. The number of halogens is 2. The molecule has 2 amide bonds. The van der Waals surface area contributed by atoms with Crippen molar-refractivity contribution in [1.82, 2.24) is 15.1 Å². The van der Waals surface area contributed by atoms with E-state index < -0.39 is 0 Å². The van der Waals surface area contributed by atoms with Gasteiger partial charge >= 0.3 is 0 Å². The molecule has 0 radical (unpaired) electrons. The number of amides is 2. The Hall–Kier alpha value is -1.50. The van der Waals surface area contributed by atoms with Crippen molar-refractivity contribution >= 4 is 35.8 Å². The molecular formula is C18H25Cl2N3O3. The van der Waals surface area contributed by atoms with E-state index in [9.17, 15) is 9.59 Å². The number of piperazine rings is 1. The van der Waals surface area contributed by atoms with E-state index in [-0.39, 0.29) is 36.9 Å². The molecule has 6 nitrogen and oxygen atoms in total. The normalized spacial score (nSPS) is 20.5. The molecule has 1 atom stereocenters. The van der Waals surface area contributed by atoms with Gasteiger partial charge in [0.05, 0.1) is 6.54 Å². The minimum Gasteiger partial charge on any atom is -0.483 e. The van der Waals surface area contributed by atoms with Crippen LogP contribution in [0, 0.1) is 6.92 Å². The maximum Gasteiger partial charge on any atom is 0.260 e. The van der Waals surface area contributed by atoms with Crippen LogP contribution in [-0.2, 0) is 9.59 Å². The van der Waals surface area contributed by atoms with Gasteiger partial charge in [-0.1, -0.05) is 11.6 Å². The zero-order chi connectivity index (χ0) is 17.8. The van der Waals surface area contributed by atoms with Crippen LogP contribution in [0.4, 0.5) is 0 Å². The highest BCUT2D eigenvalue weighted by atomic mass is 35.5. The quantitative estimate of drug-likeness (QED) is 0.836. The number of aryl methyl sites for hydroxylation is 1. The predicted octanol–water partition coefficient (Wildman–Crippen LogP) is 1.87. The molecule has 1 N–H and O–H groups in total. The molecule has 3 rings (SSSR count). The molecule has 0 saturated carbocycles. The number of carbonyl (C=O) groups excluding carboxylic acids is 2. The molecule has 2 saturated heterocycles. The first-order valence-corrected chi connectivity index (χ1v) is 9.09. The average Bonchev–Trinajstić information content (AvgIpc) is 2.61. The highest BCUT2D eigenvalue weighted by Crippen LogP contribution is 2.22. The molecule has 0 bridgehead atoms. The van der Waals surface area contributed by atoms with Gasteiger partial charge in [0.2, 0.25) is 5.91 Å². The molecule has 0 aromatic heterocycles. The van der Waals surface area contributed by atoms with Crippen LogP contribution in [0.5, 0.6) is 5.75 Å². The third kappa shape index (κ3) is 5.02. The average molecular weight is 402 g/mol. The van der Waals surface area contributed by atoms with Crippen molar-refractivity contribution in [2.24, 2.45) is 0 Å². The minimum atomic E-state index is -0.0402. The number of likely N-dealkylation sites (tertiary alicyclic amines) is 1. The molecule has 8 heteroatoms. The summed E-state index contributed by atoms with van der Waals surface area (Å²) in [7, 11) is 0. The minimum absolute atomic E-state index is 0. The Morgan fingerprint density at radius 2 is 2.19 bits per heavy atom. The van der Waals surface area contributed by atoms with Crippen molar-refractivity contribution in [3.63, 3.8) is 0 Å². The third-order valence-electron chi connectivity index (χ3n) is 4.80. The number of hydrogen-bond acceptors (Lipinski definition) is 4. The Balaban J connectivity index is 0.00000243. The summed E-state index contributed by atoms with van der Waals surface area (Å²) in [5.41, 5.74) is 0.906. The molecule has 1 aromatic carbocycles. The largest absolute Gasteiger partial charge is 0.483 e. The SMILES string of the molecule is Cc1cc(Cl)ccc1OCC(=O)N1CCCC(N2CCNCC2=O)C1.Cl. The van der Waals surface area contributed by atoms with Crippen LogP contribution in [0.25, 0.3) is 0 Å². The molecule has 2 fully saturated rings. The summed E-state index contributed by atoms with van der Waals surface area (Å²) < 4.78 is 5.67. The summed E-state index contributed by atoms with van der Waals surface area (Å²) in [4.78, 5) is 28.3. The molecule has 0 spiro atoms. The zero-order valence-corrected chi connectivity index (χ0v) is 16.4. The lowest BCUT2D eigenvalue weighted by Gasteiger charge is -2.41. The van der Waals surface area contributed by atoms with Crippen molar-refractivity contribution in [3.05, 3.63) is 28.8 Å². The first-order valence-electron chi connectivity index (χ1n) is 8.71. The lowest BCUT2D eigenvalue weighted by Crippen LogP contribution is -2.57. The zero-order valence-electron chi connectivity index (χ0n) is 14.9. The van der Waals surface area contributed by atoms with E-state index in [4.69, 9.17) is 16.3 Å². The number of ether oxygens (including phenoxy) is 1. The lowest BCUT2D eigenvalue weighted by atomic mass is 10.0. The van der Waals surface area contributed by atoms with Gasteiger partial charge in [-0.3, -0.25) is 9.59 Å². The first kappa shape index (κ1) is 20.8. The maximum atomic E-state index is 12.5. The molecule has 1 aromatic rings. The summed E-state index contributed by atoms with van der Waals surface area (Å²) in [6, 6.07) is 5.46. The van der Waals surface area contributed by atoms with E-state index >= 15 is 0 Å². The van der Waals surface area contributed by atoms with E-state index in [0.29, 0.717) is 30.4 Å². The van der Waals surface area contributed by atoms with Gasteiger partial charge in [-0.2, -0.15) is 0 Å². The van der Waals surface area contributed by atoms with Crippen molar-refractivity contribution < 1.29 is 14.3 Å². The molecule has 1 unspecified atom stereocenters. The first-order chi connectivity index (χ1) is 12.0. The fourth-order valence-electron chi connectivity index (χ4n) is 3.45. The number of nitrogens with one attached hydrogen (secondary N) is 1. The topological polar surface area (TPSA) is 61.9 Å². The van der Waals surface area contributed by atoms with Crippen LogP contribution in [-0.4, -0.2) is 67.0 Å². The molecule has 2 aliphatic rings. The molecular weight excluding hydrogens is 377 g/mol. The molecule has 26 heavy (non-hydrogen) atoms. The number of rotatable bonds is 4. The van der Waals surface area contributed by atoms with Gasteiger partial charge in [-0.25, -0.2) is 0 Å². The highest BCUT2D eigenvalue weighted by molar-refractivity contribution is 6.30. The van der Waals surface area contributed by atoms with Crippen LogP contribution < -0.4 is 10.1 Å². The molecule has 2 heterocycles. The number of carbonyl (C=O) groups is 2. The Morgan fingerprint density at radius 1 is 1.38 bits per heavy atom. The standard InChI is InChI=1S/C18H24ClN3O3.ClH/c1-13-9-14(19)4-5-16(13)25-12-18(24)21-7-2-3-15(11-21)22-8-6-20-10-17(22)23;/h4-5,9,15,20H,2-3,6-8,10-12H2,1H3;1H. The summed E-state index contributed by atoms with van der Waals surface area (Å²) >= 11 is 5.94. The third-order valence-corrected chi connectivity index (χ3v) is 5.04. The van der Waals surface area contributed by atoms with Crippen LogP contribution in [0.2, 0.25) is 5.02 Å². The van der Waals surface area contributed by atoms with Gasteiger partial charge in [0, 0.05) is 37.2 Å². The summed E-state index contributed by atoms with van der Waals surface area (Å²) in [5.74, 6) is 0.754. The number of piperidine rings is 1. The van der Waals surface area contributed by atoms with Crippen LogP contribution in [0.3, 0.4) is 0 Å². The summed E-state index contributed by atoms with van der Waals surface area (Å²) in [6.45, 7) is 5.14. The highest BCUT2D eigenvalue weighted by Gasteiger charge is 2.31. The molecule has 144 valence electrons. The van der Waals surface area contributed by atoms with E-state index in [2.05, 4.69) is 5.32 Å². The van der Waals surface area contributed by atoms with Crippen molar-refractivity contribution in [2.75, 3.05) is 39.3 Å². The second-order valence-corrected chi connectivity index (χ2v) is 7.03. The van der Waals surface area contributed by atoms with Crippen LogP contribution in [0.15, 0.2) is 18.2 Å². The number of nitrogens with zero attached hydrogens (tertiary/aromatic N) is 2. The van der Waals surface area contributed by atoms with Crippen molar-refractivity contribution in [1.29, 1.82) is 0 Å². The second-order valence-electron chi connectivity index (χ2n) is 6.60. The Bertz CT molecular complexity index is 657. The fraction of sp³-hybridized carbons (Fsp3) is 0.556. The smallest absolute Gasteiger partial charge is 0.260 e. The Morgan fingerprint density at radius 3 is 2.92 bits per heavy atom. The Kier molecular flexibility index (Phi) is 7.55. The fourth-order valence-corrected chi connectivity index (χ4v) is 3.68. The predicted molar refractivity (Wildman–Crippen MR) is 103 cm³/mol. The molecule has 2 aliphatic heterocycles. The van der Waals surface area contributed by atoms with Gasteiger partial charge in [-0.05, 0) is 43.5 Å². The van der Waals surface area contributed by atoms with E-state index in [1.807, 2.05) is 22.8 Å². The Labute approximate surface area is 165 Å². The molecule has 0 aliphatic carbocycles. The second kappa shape index (κ2) is 9.44. The van der Waals surface area contributed by atoms with Gasteiger partial charge in [0.1, 0.15) is 5.75 Å². The number of hydrogen-bond donors (Lipinski definition) is 1. The van der Waals surface area contributed by atoms with Gasteiger partial charge in [-0.15, -0.1) is 12.4 Å². The summed E-state index contributed by atoms with van der Waals surface area (Å²) in [5, 5.41) is 3.73. The van der Waals surface area contributed by atoms with Gasteiger partial charge in [0.25, 0.3) is 5.91 Å². The van der Waals surface area contributed by atoms with E-state index in [1.54, 1.807) is 12.1 Å². The van der Waals surface area contributed by atoms with Gasteiger partial charge < -0.3 is 19.9 Å². The van der Waals surface area contributed by atoms with Crippen LogP contribution in [0.1, 0.15) is 18.4 Å². The van der Waals surface area contributed by atoms with Crippen molar-refractivity contribution in [2.45, 2.75) is 25.8 Å².